The molecule has 0 aliphatic heterocycles. The summed E-state index contributed by atoms with van der Waals surface area (Å²) in [7, 11) is 0. The van der Waals surface area contributed by atoms with E-state index < -0.39 is 0 Å². The van der Waals surface area contributed by atoms with Crippen LogP contribution in [0.5, 0.6) is 0 Å². The van der Waals surface area contributed by atoms with Crippen molar-refractivity contribution in [1.29, 1.82) is 0 Å². The Labute approximate surface area is 209 Å². The van der Waals surface area contributed by atoms with Gasteiger partial charge >= 0.3 is 0 Å². The summed E-state index contributed by atoms with van der Waals surface area (Å²) < 4.78 is 3.22. The molecular weight excluding hydrogens is 460 g/mol. The number of fused-ring (bicyclic) bond motifs is 11. The van der Waals surface area contributed by atoms with Crippen LogP contribution in [0.1, 0.15) is 0 Å². The van der Waals surface area contributed by atoms with Gasteiger partial charge in [-0.3, -0.25) is 9.20 Å². The second-order valence-corrected chi connectivity index (χ2v) is 10.2. The van der Waals surface area contributed by atoms with Gasteiger partial charge in [0, 0.05) is 0 Å². The van der Waals surface area contributed by atoms with Crippen molar-refractivity contribution in [2.45, 2.75) is 0 Å². The van der Waals surface area contributed by atoms with Gasteiger partial charge in [0.15, 0.2) is 4.96 Å². The van der Waals surface area contributed by atoms with Crippen molar-refractivity contribution in [3.8, 4) is 11.1 Å². The molecule has 0 atom stereocenters. The molecule has 0 fully saturated rings. The van der Waals surface area contributed by atoms with E-state index in [2.05, 4.69) is 100 Å². The second-order valence-electron chi connectivity index (χ2n) is 9.19. The lowest BCUT2D eigenvalue weighted by molar-refractivity contribution is 1.21. The highest BCUT2D eigenvalue weighted by atomic mass is 32.1. The molecule has 2 heterocycles. The third kappa shape index (κ3) is 2.67. The Balaban J connectivity index is 1.42. The Morgan fingerprint density at radius 1 is 0.528 bits per heavy atom. The molecule has 0 amide bonds. The molecule has 0 bridgehead atoms. The maximum absolute atomic E-state index is 13.1. The molecule has 168 valence electrons. The van der Waals surface area contributed by atoms with Crippen LogP contribution < -0.4 is 5.56 Å². The zero-order valence-corrected chi connectivity index (χ0v) is 19.9. The third-order valence-electron chi connectivity index (χ3n) is 7.24. The van der Waals surface area contributed by atoms with Gasteiger partial charge in [-0.05, 0) is 73.8 Å². The van der Waals surface area contributed by atoms with Gasteiger partial charge in [0.05, 0.1) is 21.1 Å². The van der Waals surface area contributed by atoms with Gasteiger partial charge in [-0.15, -0.1) is 0 Å². The minimum absolute atomic E-state index is 0.185. The highest BCUT2D eigenvalue weighted by Crippen LogP contribution is 2.37. The smallest absolute Gasteiger partial charge is 0.281 e. The standard InChI is InChI=1S/C32H18N2OS/c35-31-27-18-20(14-16-28(27)34-29-11-5-6-12-30(29)36-32(34)33-31)19-13-15-25-23-9-2-1-7-21(23)22-8-3-4-10-24(22)26(25)17-19/h1-18H. The maximum atomic E-state index is 13.1. The van der Waals surface area contributed by atoms with Crippen LogP contribution in [0, 0.1) is 0 Å². The Hall–Kier alpha value is -4.54. The molecule has 2 aromatic heterocycles. The molecule has 0 spiro atoms. The van der Waals surface area contributed by atoms with E-state index in [1.165, 1.54) is 32.3 Å². The Kier molecular flexibility index (Phi) is 3.96. The predicted octanol–water partition coefficient (Wildman–Crippen LogP) is 8.19. The maximum Gasteiger partial charge on any atom is 0.281 e. The van der Waals surface area contributed by atoms with Crippen molar-refractivity contribution in [1.82, 2.24) is 9.38 Å². The summed E-state index contributed by atoms with van der Waals surface area (Å²) in [5, 5.41) is 8.11. The van der Waals surface area contributed by atoms with E-state index >= 15 is 0 Å². The second kappa shape index (κ2) is 7.23. The zero-order valence-electron chi connectivity index (χ0n) is 19.1. The van der Waals surface area contributed by atoms with Crippen molar-refractivity contribution in [3.63, 3.8) is 0 Å². The highest BCUT2D eigenvalue weighted by Gasteiger charge is 2.13. The molecule has 0 radical (unpaired) electrons. The van der Waals surface area contributed by atoms with Crippen LogP contribution in [0.2, 0.25) is 0 Å². The first-order chi connectivity index (χ1) is 17.8. The largest absolute Gasteiger partial charge is 0.284 e. The van der Waals surface area contributed by atoms with E-state index in [-0.39, 0.29) is 5.56 Å². The topological polar surface area (TPSA) is 34.4 Å². The van der Waals surface area contributed by atoms with E-state index in [0.29, 0.717) is 5.39 Å². The number of para-hydroxylation sites is 1. The van der Waals surface area contributed by atoms with E-state index in [4.69, 9.17) is 0 Å². The van der Waals surface area contributed by atoms with Crippen LogP contribution in [0.25, 0.3) is 69.5 Å². The highest BCUT2D eigenvalue weighted by molar-refractivity contribution is 7.23. The van der Waals surface area contributed by atoms with E-state index in [9.17, 15) is 4.79 Å². The summed E-state index contributed by atoms with van der Waals surface area (Å²) in [5.41, 5.74) is 3.88. The molecule has 36 heavy (non-hydrogen) atoms. The average molecular weight is 479 g/mol. The van der Waals surface area contributed by atoms with Crippen LogP contribution in [-0.2, 0) is 0 Å². The minimum Gasteiger partial charge on any atom is -0.284 e. The monoisotopic (exact) mass is 478 g/mol. The Morgan fingerprint density at radius 2 is 1.08 bits per heavy atom. The first kappa shape index (κ1) is 19.7. The number of benzene rings is 6. The van der Waals surface area contributed by atoms with Crippen molar-refractivity contribution in [2.24, 2.45) is 0 Å². The van der Waals surface area contributed by atoms with Crippen molar-refractivity contribution in [3.05, 3.63) is 120 Å². The molecule has 0 N–H and O–H groups in total. The van der Waals surface area contributed by atoms with E-state index in [1.807, 2.05) is 18.2 Å². The van der Waals surface area contributed by atoms with Crippen LogP contribution in [0.3, 0.4) is 0 Å². The summed E-state index contributed by atoms with van der Waals surface area (Å²) in [6.45, 7) is 0. The Morgan fingerprint density at radius 3 is 1.81 bits per heavy atom. The summed E-state index contributed by atoms with van der Waals surface area (Å²) >= 11 is 1.55. The van der Waals surface area contributed by atoms with Crippen LogP contribution in [0.15, 0.2) is 114 Å². The fourth-order valence-corrected chi connectivity index (χ4v) is 6.62. The molecule has 0 saturated heterocycles. The van der Waals surface area contributed by atoms with Crippen LogP contribution in [-0.4, -0.2) is 9.38 Å². The summed E-state index contributed by atoms with van der Waals surface area (Å²) in [5.74, 6) is 0. The van der Waals surface area contributed by atoms with Gasteiger partial charge in [0.25, 0.3) is 5.56 Å². The zero-order chi connectivity index (χ0) is 23.8. The van der Waals surface area contributed by atoms with E-state index in [1.54, 1.807) is 11.3 Å². The summed E-state index contributed by atoms with van der Waals surface area (Å²) in [6.07, 6.45) is 0. The number of hydrogen-bond donors (Lipinski definition) is 0. The summed E-state index contributed by atoms with van der Waals surface area (Å²) in [6, 6.07) is 38.2. The molecule has 0 saturated carbocycles. The lowest BCUT2D eigenvalue weighted by Crippen LogP contribution is -2.09. The Bertz CT molecular complexity index is 2210. The molecule has 8 rings (SSSR count). The van der Waals surface area contributed by atoms with Crippen LogP contribution in [0.4, 0.5) is 0 Å². The normalized spacial score (nSPS) is 12.0. The number of nitrogens with zero attached hydrogens (tertiary/aromatic N) is 2. The first-order valence-electron chi connectivity index (χ1n) is 11.9. The van der Waals surface area contributed by atoms with Gasteiger partial charge in [-0.1, -0.05) is 90.2 Å². The van der Waals surface area contributed by atoms with Gasteiger partial charge < -0.3 is 0 Å². The van der Waals surface area contributed by atoms with Gasteiger partial charge in [-0.2, -0.15) is 4.98 Å². The number of rotatable bonds is 1. The van der Waals surface area contributed by atoms with Crippen molar-refractivity contribution in [2.75, 3.05) is 0 Å². The molecule has 8 aromatic rings. The lowest BCUT2D eigenvalue weighted by atomic mass is 9.92. The molecule has 0 unspecified atom stereocenters. The predicted molar refractivity (Wildman–Crippen MR) is 152 cm³/mol. The fourth-order valence-electron chi connectivity index (χ4n) is 5.60. The molecule has 6 aromatic carbocycles. The number of aromatic nitrogens is 2. The molecule has 4 heteroatoms. The number of thiazole rings is 1. The molecule has 0 aliphatic carbocycles. The average Bonchev–Trinajstić information content (AvgIpc) is 3.31. The minimum atomic E-state index is -0.185. The summed E-state index contributed by atoms with van der Waals surface area (Å²) in [4.78, 5) is 18.2. The van der Waals surface area contributed by atoms with E-state index in [0.717, 1.165) is 31.8 Å². The van der Waals surface area contributed by atoms with Crippen molar-refractivity contribution >= 4 is 69.7 Å². The van der Waals surface area contributed by atoms with Crippen molar-refractivity contribution < 1.29 is 0 Å². The quantitative estimate of drug-likeness (QED) is 0.223. The molecule has 3 nitrogen and oxygen atoms in total. The van der Waals surface area contributed by atoms with Gasteiger partial charge in [0.1, 0.15) is 0 Å². The first-order valence-corrected chi connectivity index (χ1v) is 12.8. The molecule has 0 aliphatic rings. The third-order valence-corrected chi connectivity index (χ3v) is 8.26. The SMILES string of the molecule is O=c1nc2sc3ccccc3n2c2ccc(-c3ccc4c5ccccc5c5ccccc5c4c3)cc12. The lowest BCUT2D eigenvalue weighted by Gasteiger charge is -2.12. The number of hydrogen-bond acceptors (Lipinski definition) is 3. The molecular formula is C32H18N2OS. The fraction of sp³-hybridized carbons (Fsp3) is 0. The van der Waals surface area contributed by atoms with Gasteiger partial charge in [0.2, 0.25) is 0 Å². The van der Waals surface area contributed by atoms with Crippen LogP contribution >= 0.6 is 11.3 Å². The van der Waals surface area contributed by atoms with Gasteiger partial charge in [-0.25, -0.2) is 0 Å².